The smallest absolute Gasteiger partial charge is 0.274 e. The number of para-hydroxylation sites is 1. The van der Waals surface area contributed by atoms with Gasteiger partial charge in [0.05, 0.1) is 4.70 Å². The number of halogens is 1. The third-order valence-corrected chi connectivity index (χ3v) is 8.29. The van der Waals surface area contributed by atoms with Crippen LogP contribution in [0.4, 0.5) is 4.39 Å². The highest BCUT2D eigenvalue weighted by atomic mass is 32.2. The lowest BCUT2D eigenvalue weighted by molar-refractivity contribution is 0.135. The normalized spacial score (nSPS) is 17.2. The standard InChI is InChI=1S/C16H15FN2O3S3/c17-12-3-1-4-13-15(12)18-16(24-13)22-11-6-8-19(9-7-11)25(20,21)14-5-2-10-23-14/h1-5,10-11H,6-9H2. The molecule has 9 heteroatoms. The fourth-order valence-electron chi connectivity index (χ4n) is 2.82. The minimum Gasteiger partial charge on any atom is -0.467 e. The zero-order valence-electron chi connectivity index (χ0n) is 13.1. The van der Waals surface area contributed by atoms with Crippen molar-refractivity contribution in [3.05, 3.63) is 41.5 Å². The molecule has 0 unspecified atom stereocenters. The van der Waals surface area contributed by atoms with Crippen LogP contribution in [0.5, 0.6) is 5.19 Å². The van der Waals surface area contributed by atoms with Crippen molar-refractivity contribution in [2.75, 3.05) is 13.1 Å². The topological polar surface area (TPSA) is 59.5 Å². The van der Waals surface area contributed by atoms with E-state index in [1.54, 1.807) is 29.6 Å². The molecule has 1 aliphatic rings. The van der Waals surface area contributed by atoms with Crippen molar-refractivity contribution in [2.45, 2.75) is 23.2 Å². The highest BCUT2D eigenvalue weighted by Crippen LogP contribution is 2.32. The van der Waals surface area contributed by atoms with Crippen LogP contribution in [0.1, 0.15) is 12.8 Å². The summed E-state index contributed by atoms with van der Waals surface area (Å²) < 4.78 is 47.2. The van der Waals surface area contributed by atoms with Crippen LogP contribution in [-0.4, -0.2) is 36.9 Å². The lowest BCUT2D eigenvalue weighted by atomic mass is 10.1. The molecular weight excluding hydrogens is 383 g/mol. The Morgan fingerprint density at radius 3 is 2.68 bits per heavy atom. The zero-order chi connectivity index (χ0) is 17.4. The molecule has 0 spiro atoms. The number of aromatic nitrogens is 1. The molecular formula is C16H15FN2O3S3. The van der Waals surface area contributed by atoms with Gasteiger partial charge in [-0.1, -0.05) is 23.5 Å². The maximum absolute atomic E-state index is 13.7. The molecule has 0 saturated carbocycles. The van der Waals surface area contributed by atoms with Crippen LogP contribution in [0.15, 0.2) is 39.9 Å². The molecule has 1 fully saturated rings. The van der Waals surface area contributed by atoms with Gasteiger partial charge in [0.15, 0.2) is 0 Å². The van der Waals surface area contributed by atoms with Crippen LogP contribution >= 0.6 is 22.7 Å². The molecule has 0 bridgehead atoms. The van der Waals surface area contributed by atoms with Crippen molar-refractivity contribution in [3.63, 3.8) is 0 Å². The molecule has 0 aliphatic carbocycles. The number of piperidine rings is 1. The predicted octanol–water partition coefficient (Wildman–Crippen LogP) is 3.73. The predicted molar refractivity (Wildman–Crippen MR) is 96.3 cm³/mol. The number of benzene rings is 1. The van der Waals surface area contributed by atoms with Crippen molar-refractivity contribution >= 4 is 42.9 Å². The molecule has 0 atom stereocenters. The van der Waals surface area contributed by atoms with Gasteiger partial charge in [0.2, 0.25) is 0 Å². The first kappa shape index (κ1) is 16.9. The summed E-state index contributed by atoms with van der Waals surface area (Å²) in [6.45, 7) is 0.814. The summed E-state index contributed by atoms with van der Waals surface area (Å²) in [6, 6.07) is 8.18. The van der Waals surface area contributed by atoms with E-state index in [2.05, 4.69) is 4.98 Å². The number of fused-ring (bicyclic) bond motifs is 1. The molecule has 3 heterocycles. The van der Waals surface area contributed by atoms with Crippen molar-refractivity contribution in [3.8, 4) is 5.19 Å². The fraction of sp³-hybridized carbons (Fsp3) is 0.312. The van der Waals surface area contributed by atoms with Gasteiger partial charge in [-0.15, -0.1) is 11.3 Å². The van der Waals surface area contributed by atoms with Gasteiger partial charge < -0.3 is 4.74 Å². The summed E-state index contributed by atoms with van der Waals surface area (Å²) in [4.78, 5) is 4.21. The van der Waals surface area contributed by atoms with E-state index < -0.39 is 10.0 Å². The first-order chi connectivity index (χ1) is 12.0. The van der Waals surface area contributed by atoms with Gasteiger partial charge in [-0.25, -0.2) is 12.8 Å². The Kier molecular flexibility index (Phi) is 4.48. The van der Waals surface area contributed by atoms with Crippen molar-refractivity contribution in [2.24, 2.45) is 0 Å². The second kappa shape index (κ2) is 6.64. The van der Waals surface area contributed by atoms with Crippen LogP contribution in [0, 0.1) is 5.82 Å². The molecule has 1 aliphatic heterocycles. The quantitative estimate of drug-likeness (QED) is 0.672. The summed E-state index contributed by atoms with van der Waals surface area (Å²) in [6.07, 6.45) is 1.06. The van der Waals surface area contributed by atoms with Crippen LogP contribution in [0.3, 0.4) is 0 Å². The summed E-state index contributed by atoms with van der Waals surface area (Å²) in [7, 11) is -3.41. The summed E-state index contributed by atoms with van der Waals surface area (Å²) in [5, 5.41) is 2.19. The van der Waals surface area contributed by atoms with E-state index in [9.17, 15) is 12.8 Å². The van der Waals surface area contributed by atoms with E-state index in [1.165, 1.54) is 33.0 Å². The Morgan fingerprint density at radius 2 is 2.00 bits per heavy atom. The summed E-state index contributed by atoms with van der Waals surface area (Å²) in [5.41, 5.74) is 0.320. The highest BCUT2D eigenvalue weighted by Gasteiger charge is 2.31. The van der Waals surface area contributed by atoms with Crippen molar-refractivity contribution in [1.82, 2.24) is 9.29 Å². The number of thiophene rings is 1. The van der Waals surface area contributed by atoms with Gasteiger partial charge in [-0.2, -0.15) is 9.29 Å². The van der Waals surface area contributed by atoms with Crippen LogP contribution in [0.25, 0.3) is 10.2 Å². The maximum atomic E-state index is 13.7. The monoisotopic (exact) mass is 398 g/mol. The van der Waals surface area contributed by atoms with Gasteiger partial charge >= 0.3 is 0 Å². The van der Waals surface area contributed by atoms with Crippen LogP contribution < -0.4 is 4.74 Å². The van der Waals surface area contributed by atoms with E-state index in [4.69, 9.17) is 4.74 Å². The Morgan fingerprint density at radius 1 is 1.20 bits per heavy atom. The molecule has 132 valence electrons. The van der Waals surface area contributed by atoms with Crippen LogP contribution in [-0.2, 0) is 10.0 Å². The zero-order valence-corrected chi connectivity index (χ0v) is 15.5. The molecule has 1 aromatic carbocycles. The lowest BCUT2D eigenvalue weighted by Gasteiger charge is -2.30. The Bertz CT molecular complexity index is 977. The van der Waals surface area contributed by atoms with E-state index in [0.29, 0.717) is 40.9 Å². The minimum atomic E-state index is -3.41. The summed E-state index contributed by atoms with van der Waals surface area (Å²) >= 11 is 2.53. The molecule has 5 nitrogen and oxygen atoms in total. The van der Waals surface area contributed by atoms with Gasteiger partial charge in [-0.05, 0) is 36.4 Å². The van der Waals surface area contributed by atoms with E-state index >= 15 is 0 Å². The molecule has 0 N–H and O–H groups in total. The summed E-state index contributed by atoms with van der Waals surface area (Å²) in [5.74, 6) is -0.361. The van der Waals surface area contributed by atoms with Gasteiger partial charge in [0.1, 0.15) is 21.6 Å². The number of thiazole rings is 1. The first-order valence-electron chi connectivity index (χ1n) is 7.79. The molecule has 4 rings (SSSR count). The second-order valence-corrected chi connectivity index (χ2v) is 9.83. The number of nitrogens with zero attached hydrogens (tertiary/aromatic N) is 2. The number of rotatable bonds is 4. The molecule has 0 radical (unpaired) electrons. The largest absolute Gasteiger partial charge is 0.467 e. The van der Waals surface area contributed by atoms with Gasteiger partial charge in [0.25, 0.3) is 15.2 Å². The second-order valence-electron chi connectivity index (χ2n) is 5.72. The highest BCUT2D eigenvalue weighted by molar-refractivity contribution is 7.91. The molecule has 2 aromatic heterocycles. The molecule has 0 amide bonds. The molecule has 3 aromatic rings. The van der Waals surface area contributed by atoms with E-state index in [1.807, 2.05) is 0 Å². The Hall–Kier alpha value is -1.55. The number of sulfonamides is 1. The minimum absolute atomic E-state index is 0.113. The molecule has 25 heavy (non-hydrogen) atoms. The average molecular weight is 399 g/mol. The van der Waals surface area contributed by atoms with Gasteiger partial charge in [0, 0.05) is 13.1 Å². The van der Waals surface area contributed by atoms with E-state index in [-0.39, 0.29) is 11.9 Å². The average Bonchev–Trinajstić information content (AvgIpc) is 3.25. The lowest BCUT2D eigenvalue weighted by Crippen LogP contribution is -2.41. The third kappa shape index (κ3) is 3.29. The van der Waals surface area contributed by atoms with Gasteiger partial charge in [-0.3, -0.25) is 0 Å². The SMILES string of the molecule is O=S(=O)(c1cccs1)N1CCC(Oc2nc3c(F)cccc3s2)CC1. The van der Waals surface area contributed by atoms with E-state index in [0.717, 1.165) is 4.70 Å². The Balaban J connectivity index is 1.42. The fourth-order valence-corrected chi connectivity index (χ4v) is 6.33. The van der Waals surface area contributed by atoms with Crippen molar-refractivity contribution < 1.29 is 17.5 Å². The Labute approximate surface area is 152 Å². The third-order valence-electron chi connectivity index (χ3n) is 4.11. The van der Waals surface area contributed by atoms with Crippen molar-refractivity contribution in [1.29, 1.82) is 0 Å². The number of hydrogen-bond acceptors (Lipinski definition) is 6. The first-order valence-corrected chi connectivity index (χ1v) is 10.9. The molecule has 1 saturated heterocycles. The van der Waals surface area contributed by atoms with Crippen LogP contribution in [0.2, 0.25) is 0 Å². The number of ether oxygens (including phenoxy) is 1. The number of hydrogen-bond donors (Lipinski definition) is 0. The maximum Gasteiger partial charge on any atom is 0.274 e.